The summed E-state index contributed by atoms with van der Waals surface area (Å²) in [7, 11) is 1.81. The summed E-state index contributed by atoms with van der Waals surface area (Å²) in [6.45, 7) is 3.53. The van der Waals surface area contributed by atoms with E-state index in [2.05, 4.69) is 5.32 Å². The van der Waals surface area contributed by atoms with Crippen LogP contribution in [0.4, 0.5) is 8.78 Å². The Hall–Kier alpha value is -0.440. The summed E-state index contributed by atoms with van der Waals surface area (Å²) in [4.78, 5) is 0. The molecule has 0 aliphatic heterocycles. The topological polar surface area (TPSA) is 12.0 Å². The summed E-state index contributed by atoms with van der Waals surface area (Å²) in [6, 6.07) is 0. The average molecular weight is 177 g/mol. The highest BCUT2D eigenvalue weighted by Gasteiger charge is 2.20. The van der Waals surface area contributed by atoms with Gasteiger partial charge in [0, 0.05) is 13.0 Å². The van der Waals surface area contributed by atoms with Crippen molar-refractivity contribution in [3.63, 3.8) is 0 Å². The van der Waals surface area contributed by atoms with Crippen LogP contribution in [0.5, 0.6) is 0 Å². The summed E-state index contributed by atoms with van der Waals surface area (Å²) >= 11 is 0. The van der Waals surface area contributed by atoms with Gasteiger partial charge >= 0.3 is 0 Å². The molecule has 0 atom stereocenters. The molecule has 0 heterocycles. The highest BCUT2D eigenvalue weighted by atomic mass is 19.3. The highest BCUT2D eigenvalue weighted by molar-refractivity contribution is 5.02. The van der Waals surface area contributed by atoms with Crippen LogP contribution in [0.25, 0.3) is 0 Å². The minimum absolute atomic E-state index is 0.0612. The molecule has 12 heavy (non-hydrogen) atoms. The number of halogens is 2. The lowest BCUT2D eigenvalue weighted by Gasteiger charge is -2.11. The molecule has 0 aliphatic rings. The number of hydrogen-bond donors (Lipinski definition) is 1. The first-order valence-corrected chi connectivity index (χ1v) is 4.16. The predicted molar refractivity (Wildman–Crippen MR) is 47.5 cm³/mol. The maximum Gasteiger partial charge on any atom is 0.245 e. The van der Waals surface area contributed by atoms with Gasteiger partial charge in [0.2, 0.25) is 5.92 Å². The van der Waals surface area contributed by atoms with Gasteiger partial charge in [-0.15, -0.1) is 0 Å². The van der Waals surface area contributed by atoms with Crippen LogP contribution in [-0.2, 0) is 0 Å². The fraction of sp³-hybridized carbons (Fsp3) is 0.778. The van der Waals surface area contributed by atoms with Crippen LogP contribution in [0, 0.1) is 0 Å². The number of likely N-dealkylation sites (N-methyl/N-ethyl adjacent to an activating group) is 1. The van der Waals surface area contributed by atoms with Gasteiger partial charge in [-0.3, -0.25) is 0 Å². The molecule has 0 amide bonds. The van der Waals surface area contributed by atoms with Crippen molar-refractivity contribution in [3.05, 3.63) is 11.6 Å². The van der Waals surface area contributed by atoms with Crippen molar-refractivity contribution in [2.45, 2.75) is 32.6 Å². The molecule has 0 aromatic heterocycles. The monoisotopic (exact) mass is 177 g/mol. The van der Waals surface area contributed by atoms with Gasteiger partial charge in [-0.2, -0.15) is 0 Å². The maximum atomic E-state index is 12.4. The Bertz CT molecular complexity index is 147. The molecule has 0 aromatic carbocycles. The van der Waals surface area contributed by atoms with E-state index in [4.69, 9.17) is 0 Å². The average Bonchev–Trinajstić information content (AvgIpc) is 1.96. The molecule has 72 valence electrons. The minimum atomic E-state index is -2.54. The van der Waals surface area contributed by atoms with Crippen molar-refractivity contribution in [2.24, 2.45) is 0 Å². The minimum Gasteiger partial charge on any atom is -0.316 e. The molecule has 0 spiro atoms. The largest absolute Gasteiger partial charge is 0.316 e. The molecule has 0 unspecified atom stereocenters. The summed E-state index contributed by atoms with van der Waals surface area (Å²) in [5.74, 6) is -2.54. The Balaban J connectivity index is 3.74. The second-order valence-corrected chi connectivity index (χ2v) is 3.05. The van der Waals surface area contributed by atoms with Crippen LogP contribution in [0.15, 0.2) is 11.6 Å². The lowest BCUT2D eigenvalue weighted by atomic mass is 10.1. The van der Waals surface area contributed by atoms with E-state index >= 15 is 0 Å². The van der Waals surface area contributed by atoms with E-state index in [1.807, 2.05) is 20.0 Å². The molecular weight excluding hydrogens is 160 g/mol. The van der Waals surface area contributed by atoms with E-state index in [0.29, 0.717) is 13.0 Å². The van der Waals surface area contributed by atoms with Crippen molar-refractivity contribution in [3.8, 4) is 0 Å². The number of allylic oxidation sites excluding steroid dienone is 1. The fourth-order valence-corrected chi connectivity index (χ4v) is 0.942. The van der Waals surface area contributed by atoms with Gasteiger partial charge in [0.25, 0.3) is 0 Å². The molecule has 1 N–H and O–H groups in total. The number of alkyl halides is 2. The van der Waals surface area contributed by atoms with Crippen molar-refractivity contribution < 1.29 is 8.78 Å². The van der Waals surface area contributed by atoms with Crippen LogP contribution >= 0.6 is 0 Å². The molecule has 0 aromatic rings. The number of hydrogen-bond acceptors (Lipinski definition) is 1. The first-order valence-electron chi connectivity index (χ1n) is 4.16. The Labute approximate surface area is 72.9 Å². The van der Waals surface area contributed by atoms with Crippen molar-refractivity contribution in [1.82, 2.24) is 5.32 Å². The maximum absolute atomic E-state index is 12.4. The third-order valence-electron chi connectivity index (χ3n) is 1.70. The van der Waals surface area contributed by atoms with Gasteiger partial charge in [0.15, 0.2) is 0 Å². The molecule has 0 bridgehead atoms. The quantitative estimate of drug-likeness (QED) is 0.636. The van der Waals surface area contributed by atoms with Crippen LogP contribution in [-0.4, -0.2) is 19.5 Å². The molecule has 0 aliphatic carbocycles. The van der Waals surface area contributed by atoms with Crippen LogP contribution in [0.3, 0.4) is 0 Å². The molecule has 0 rings (SSSR count). The molecule has 3 heteroatoms. The van der Waals surface area contributed by atoms with Crippen molar-refractivity contribution in [2.75, 3.05) is 13.6 Å². The summed E-state index contributed by atoms with van der Waals surface area (Å²) in [6.07, 6.45) is 2.30. The Morgan fingerprint density at radius 1 is 1.50 bits per heavy atom. The van der Waals surface area contributed by atoms with E-state index < -0.39 is 5.92 Å². The number of nitrogens with one attached hydrogen (secondary N) is 1. The summed E-state index contributed by atoms with van der Waals surface area (Å²) in [5.41, 5.74) is 1.04. The Morgan fingerprint density at radius 2 is 2.08 bits per heavy atom. The smallest absolute Gasteiger partial charge is 0.245 e. The zero-order valence-electron chi connectivity index (χ0n) is 7.95. The lowest BCUT2D eigenvalue weighted by Crippen LogP contribution is -2.14. The van der Waals surface area contributed by atoms with Gasteiger partial charge in [0.05, 0.1) is 0 Å². The second kappa shape index (κ2) is 5.25. The Morgan fingerprint density at radius 3 is 2.42 bits per heavy atom. The van der Waals surface area contributed by atoms with Gasteiger partial charge in [-0.05, 0) is 27.3 Å². The van der Waals surface area contributed by atoms with Gasteiger partial charge < -0.3 is 5.32 Å². The summed E-state index contributed by atoms with van der Waals surface area (Å²) in [5, 5.41) is 2.94. The molecular formula is C9H17F2N. The van der Waals surface area contributed by atoms with Crippen molar-refractivity contribution in [1.29, 1.82) is 0 Å². The molecule has 0 fully saturated rings. The standard InChI is InChI=1S/C9H17F2N/c1-4-8(7-12-3)5-6-9(2,10)11/h4,12H,5-7H2,1-3H3/b8-4-. The molecule has 0 saturated carbocycles. The van der Waals surface area contributed by atoms with Gasteiger partial charge in [-0.1, -0.05) is 11.6 Å². The molecule has 1 nitrogen and oxygen atoms in total. The lowest BCUT2D eigenvalue weighted by molar-refractivity contribution is 0.0132. The molecule has 0 radical (unpaired) electrons. The SMILES string of the molecule is C/C=C(/CCC(C)(F)F)CNC. The van der Waals surface area contributed by atoms with E-state index in [1.165, 1.54) is 0 Å². The predicted octanol–water partition coefficient (Wildman–Crippen LogP) is 2.59. The van der Waals surface area contributed by atoms with E-state index in [0.717, 1.165) is 12.5 Å². The van der Waals surface area contributed by atoms with Gasteiger partial charge in [0.1, 0.15) is 0 Å². The van der Waals surface area contributed by atoms with Crippen LogP contribution in [0.2, 0.25) is 0 Å². The first kappa shape index (κ1) is 11.6. The zero-order valence-corrected chi connectivity index (χ0v) is 7.95. The second-order valence-electron chi connectivity index (χ2n) is 3.05. The normalized spacial score (nSPS) is 13.6. The fourth-order valence-electron chi connectivity index (χ4n) is 0.942. The van der Waals surface area contributed by atoms with E-state index in [-0.39, 0.29) is 6.42 Å². The van der Waals surface area contributed by atoms with E-state index in [9.17, 15) is 8.78 Å². The molecule has 0 saturated heterocycles. The van der Waals surface area contributed by atoms with Crippen LogP contribution < -0.4 is 5.32 Å². The van der Waals surface area contributed by atoms with Gasteiger partial charge in [-0.25, -0.2) is 8.78 Å². The third kappa shape index (κ3) is 6.28. The van der Waals surface area contributed by atoms with Crippen LogP contribution in [0.1, 0.15) is 26.7 Å². The third-order valence-corrected chi connectivity index (χ3v) is 1.70. The number of rotatable bonds is 5. The zero-order chi connectivity index (χ0) is 9.61. The first-order chi connectivity index (χ1) is 5.49. The highest BCUT2D eigenvalue weighted by Crippen LogP contribution is 2.21. The summed E-state index contributed by atoms with van der Waals surface area (Å²) < 4.78 is 24.8. The van der Waals surface area contributed by atoms with E-state index in [1.54, 1.807) is 0 Å². The Kier molecular flexibility index (Phi) is 5.06. The van der Waals surface area contributed by atoms with Crippen molar-refractivity contribution >= 4 is 0 Å².